The highest BCUT2D eigenvalue weighted by Gasteiger charge is 2.21. The van der Waals surface area contributed by atoms with E-state index in [-0.39, 0.29) is 18.5 Å². The first-order valence-electron chi connectivity index (χ1n) is 5.51. The normalized spacial score (nSPS) is 20.5. The molecule has 0 radical (unpaired) electrons. The van der Waals surface area contributed by atoms with Gasteiger partial charge in [0.05, 0.1) is 19.3 Å². The number of rotatable bonds is 3. The maximum atomic E-state index is 14.2. The topological polar surface area (TPSA) is 30.5 Å². The van der Waals surface area contributed by atoms with Crippen LogP contribution in [0.5, 0.6) is 0 Å². The lowest BCUT2D eigenvalue weighted by Gasteiger charge is -2.25. The van der Waals surface area contributed by atoms with Crippen LogP contribution in [0.4, 0.5) is 4.39 Å². The Hall–Kier alpha value is -0.490. The fourth-order valence-electron chi connectivity index (χ4n) is 1.93. The molecule has 0 saturated carbocycles. The van der Waals surface area contributed by atoms with E-state index in [1.54, 1.807) is 19.2 Å². The fraction of sp³-hybridized carbons (Fsp3) is 0.500. The van der Waals surface area contributed by atoms with Gasteiger partial charge in [-0.1, -0.05) is 15.9 Å². The predicted molar refractivity (Wildman–Crippen MR) is 66.4 cm³/mol. The van der Waals surface area contributed by atoms with Crippen molar-refractivity contribution in [2.75, 3.05) is 26.8 Å². The molecule has 1 heterocycles. The largest absolute Gasteiger partial charge is 0.380 e. The van der Waals surface area contributed by atoms with E-state index in [1.807, 2.05) is 0 Å². The SMILES string of the molecule is COCc1cc(Br)cc(C2CNCCO2)c1F. The van der Waals surface area contributed by atoms with Crippen LogP contribution >= 0.6 is 15.9 Å². The molecule has 94 valence electrons. The smallest absolute Gasteiger partial charge is 0.134 e. The molecule has 0 aromatic heterocycles. The second kappa shape index (κ2) is 5.91. The van der Waals surface area contributed by atoms with Gasteiger partial charge in [-0.25, -0.2) is 4.39 Å². The number of morpholine rings is 1. The maximum Gasteiger partial charge on any atom is 0.134 e. The lowest BCUT2D eigenvalue weighted by atomic mass is 10.0. The molecule has 1 unspecified atom stereocenters. The van der Waals surface area contributed by atoms with Gasteiger partial charge in [-0.2, -0.15) is 0 Å². The van der Waals surface area contributed by atoms with Crippen molar-refractivity contribution in [1.29, 1.82) is 0 Å². The zero-order chi connectivity index (χ0) is 12.3. The third kappa shape index (κ3) is 3.04. The van der Waals surface area contributed by atoms with Crippen LogP contribution in [-0.2, 0) is 16.1 Å². The molecule has 2 rings (SSSR count). The molecule has 5 heteroatoms. The summed E-state index contributed by atoms with van der Waals surface area (Å²) >= 11 is 3.39. The van der Waals surface area contributed by atoms with Crippen molar-refractivity contribution in [2.24, 2.45) is 0 Å². The Bertz CT molecular complexity index is 394. The van der Waals surface area contributed by atoms with Crippen molar-refractivity contribution in [3.05, 3.63) is 33.5 Å². The van der Waals surface area contributed by atoms with E-state index in [4.69, 9.17) is 9.47 Å². The van der Waals surface area contributed by atoms with Crippen molar-refractivity contribution in [3.63, 3.8) is 0 Å². The Labute approximate surface area is 108 Å². The molecule has 1 aromatic carbocycles. The van der Waals surface area contributed by atoms with E-state index < -0.39 is 0 Å². The van der Waals surface area contributed by atoms with Crippen LogP contribution in [-0.4, -0.2) is 26.8 Å². The van der Waals surface area contributed by atoms with Crippen molar-refractivity contribution in [3.8, 4) is 0 Å². The number of hydrogen-bond donors (Lipinski definition) is 1. The van der Waals surface area contributed by atoms with E-state index in [9.17, 15) is 4.39 Å². The summed E-state index contributed by atoms with van der Waals surface area (Å²) in [7, 11) is 1.55. The second-order valence-corrected chi connectivity index (χ2v) is 4.88. The lowest BCUT2D eigenvalue weighted by molar-refractivity contribution is 0.0252. The highest BCUT2D eigenvalue weighted by atomic mass is 79.9. The standard InChI is InChI=1S/C12H15BrFNO2/c1-16-7-8-4-9(13)5-10(12(8)14)11-6-15-2-3-17-11/h4-5,11,15H,2-3,6-7H2,1H3. The van der Waals surface area contributed by atoms with E-state index in [1.165, 1.54) is 0 Å². The third-order valence-corrected chi connectivity index (χ3v) is 3.17. The Kier molecular flexibility index (Phi) is 4.50. The number of benzene rings is 1. The van der Waals surface area contributed by atoms with Gasteiger partial charge in [0, 0.05) is 35.8 Å². The molecule has 0 spiro atoms. The number of ether oxygens (including phenoxy) is 2. The molecule has 1 fully saturated rings. The molecule has 1 aliphatic heterocycles. The first kappa shape index (κ1) is 13.0. The summed E-state index contributed by atoms with van der Waals surface area (Å²) in [5, 5.41) is 3.19. The Morgan fingerprint density at radius 2 is 2.41 bits per heavy atom. The number of hydrogen-bond acceptors (Lipinski definition) is 3. The molecule has 1 aromatic rings. The minimum Gasteiger partial charge on any atom is -0.380 e. The van der Waals surface area contributed by atoms with Crippen molar-refractivity contribution in [1.82, 2.24) is 5.32 Å². The van der Waals surface area contributed by atoms with E-state index in [0.717, 1.165) is 11.0 Å². The summed E-state index contributed by atoms with van der Waals surface area (Å²) in [5.41, 5.74) is 1.13. The third-order valence-electron chi connectivity index (χ3n) is 2.72. The average molecular weight is 304 g/mol. The van der Waals surface area contributed by atoms with Gasteiger partial charge in [0.1, 0.15) is 5.82 Å². The van der Waals surface area contributed by atoms with Crippen LogP contribution in [0.25, 0.3) is 0 Å². The molecule has 3 nitrogen and oxygen atoms in total. The zero-order valence-electron chi connectivity index (χ0n) is 9.63. The maximum absolute atomic E-state index is 14.2. The van der Waals surface area contributed by atoms with Crippen LogP contribution in [0.15, 0.2) is 16.6 Å². The van der Waals surface area contributed by atoms with Crippen LogP contribution in [0.1, 0.15) is 17.2 Å². The van der Waals surface area contributed by atoms with Gasteiger partial charge in [-0.15, -0.1) is 0 Å². The highest BCUT2D eigenvalue weighted by Crippen LogP contribution is 2.28. The Morgan fingerprint density at radius 1 is 1.59 bits per heavy atom. The molecule has 17 heavy (non-hydrogen) atoms. The highest BCUT2D eigenvalue weighted by molar-refractivity contribution is 9.10. The van der Waals surface area contributed by atoms with Gasteiger partial charge in [-0.05, 0) is 12.1 Å². The summed E-state index contributed by atoms with van der Waals surface area (Å²) in [5.74, 6) is -0.233. The molecule has 1 atom stereocenters. The van der Waals surface area contributed by atoms with Gasteiger partial charge < -0.3 is 14.8 Å². The lowest BCUT2D eigenvalue weighted by Crippen LogP contribution is -2.33. The minimum atomic E-state index is -0.233. The van der Waals surface area contributed by atoms with Crippen LogP contribution in [0.2, 0.25) is 0 Å². The van der Waals surface area contributed by atoms with Crippen LogP contribution in [0.3, 0.4) is 0 Å². The quantitative estimate of drug-likeness (QED) is 0.930. The molecule has 0 bridgehead atoms. The molecular formula is C12H15BrFNO2. The molecule has 0 amide bonds. The van der Waals surface area contributed by atoms with Gasteiger partial charge >= 0.3 is 0 Å². The zero-order valence-corrected chi connectivity index (χ0v) is 11.2. The van der Waals surface area contributed by atoms with Crippen LogP contribution in [0, 0.1) is 5.82 Å². The van der Waals surface area contributed by atoms with Crippen LogP contribution < -0.4 is 5.32 Å². The summed E-state index contributed by atoms with van der Waals surface area (Å²) in [6.07, 6.45) is -0.225. The summed E-state index contributed by atoms with van der Waals surface area (Å²) in [6, 6.07) is 3.50. The first-order valence-corrected chi connectivity index (χ1v) is 6.30. The number of methoxy groups -OCH3 is 1. The average Bonchev–Trinajstić information content (AvgIpc) is 2.35. The summed E-state index contributed by atoms with van der Waals surface area (Å²) in [4.78, 5) is 0. The molecule has 0 aliphatic carbocycles. The minimum absolute atomic E-state index is 0.225. The monoisotopic (exact) mass is 303 g/mol. The Morgan fingerprint density at radius 3 is 3.06 bits per heavy atom. The van der Waals surface area contributed by atoms with E-state index in [0.29, 0.717) is 24.3 Å². The van der Waals surface area contributed by atoms with Crippen molar-refractivity contribution >= 4 is 15.9 Å². The van der Waals surface area contributed by atoms with Crippen molar-refractivity contribution < 1.29 is 13.9 Å². The number of nitrogens with one attached hydrogen (secondary N) is 1. The van der Waals surface area contributed by atoms with E-state index >= 15 is 0 Å². The van der Waals surface area contributed by atoms with Crippen molar-refractivity contribution in [2.45, 2.75) is 12.7 Å². The van der Waals surface area contributed by atoms with E-state index in [2.05, 4.69) is 21.2 Å². The van der Waals surface area contributed by atoms with Gasteiger partial charge in [-0.3, -0.25) is 0 Å². The molecule has 1 saturated heterocycles. The summed E-state index contributed by atoms with van der Waals surface area (Å²) < 4.78 is 25.6. The molecular weight excluding hydrogens is 289 g/mol. The second-order valence-electron chi connectivity index (χ2n) is 3.96. The summed E-state index contributed by atoms with van der Waals surface area (Å²) in [6.45, 7) is 2.32. The molecule has 1 aliphatic rings. The van der Waals surface area contributed by atoms with Gasteiger partial charge in [0.2, 0.25) is 0 Å². The Balaban J connectivity index is 2.31. The number of halogens is 2. The molecule has 1 N–H and O–H groups in total. The fourth-order valence-corrected chi connectivity index (χ4v) is 2.45. The first-order chi connectivity index (χ1) is 8.22. The predicted octanol–water partition coefficient (Wildman–Crippen LogP) is 2.40. The van der Waals surface area contributed by atoms with Gasteiger partial charge in [0.25, 0.3) is 0 Å². The van der Waals surface area contributed by atoms with Gasteiger partial charge in [0.15, 0.2) is 0 Å².